The summed E-state index contributed by atoms with van der Waals surface area (Å²) in [4.78, 5) is 17.7. The Morgan fingerprint density at radius 1 is 1.40 bits per heavy atom. The van der Waals surface area contributed by atoms with Gasteiger partial charge in [-0.05, 0) is 24.4 Å². The molecule has 1 aliphatic rings. The largest absolute Gasteiger partial charge is 0.394 e. The van der Waals surface area contributed by atoms with Gasteiger partial charge in [0.05, 0.1) is 25.6 Å². The van der Waals surface area contributed by atoms with E-state index in [4.69, 9.17) is 21.4 Å². The first-order valence-electron chi connectivity index (χ1n) is 6.62. The molecule has 0 unspecified atom stereocenters. The summed E-state index contributed by atoms with van der Waals surface area (Å²) in [6.07, 6.45) is 3.60. The SMILES string of the molecule is OCCOC1CCN(c2nc(Cl)nc3nc[nH]c23)CC1. The molecule has 1 aliphatic heterocycles. The summed E-state index contributed by atoms with van der Waals surface area (Å²) in [7, 11) is 0. The van der Waals surface area contributed by atoms with Crippen LogP contribution >= 0.6 is 11.6 Å². The Morgan fingerprint density at radius 2 is 2.20 bits per heavy atom. The second kappa shape index (κ2) is 5.90. The van der Waals surface area contributed by atoms with Crippen LogP contribution in [-0.2, 0) is 4.74 Å². The van der Waals surface area contributed by atoms with Gasteiger partial charge in [0.15, 0.2) is 11.5 Å². The second-order valence-corrected chi connectivity index (χ2v) is 5.04. The molecule has 0 aliphatic carbocycles. The average molecular weight is 298 g/mol. The number of nitrogens with zero attached hydrogens (tertiary/aromatic N) is 4. The summed E-state index contributed by atoms with van der Waals surface area (Å²) >= 11 is 5.94. The lowest BCUT2D eigenvalue weighted by Gasteiger charge is -2.32. The molecule has 3 rings (SSSR count). The minimum absolute atomic E-state index is 0.0660. The van der Waals surface area contributed by atoms with Gasteiger partial charge in [0, 0.05) is 13.1 Å². The van der Waals surface area contributed by atoms with E-state index in [0.29, 0.717) is 12.3 Å². The van der Waals surface area contributed by atoms with Crippen molar-refractivity contribution in [1.29, 1.82) is 0 Å². The monoisotopic (exact) mass is 297 g/mol. The highest BCUT2D eigenvalue weighted by Crippen LogP contribution is 2.26. The molecule has 0 amide bonds. The van der Waals surface area contributed by atoms with Gasteiger partial charge in [-0.25, -0.2) is 4.98 Å². The number of ether oxygens (including phenoxy) is 1. The third-order valence-corrected chi connectivity index (χ3v) is 3.59. The molecule has 0 aromatic carbocycles. The molecule has 20 heavy (non-hydrogen) atoms. The highest BCUT2D eigenvalue weighted by molar-refractivity contribution is 6.28. The number of fused-ring (bicyclic) bond motifs is 1. The lowest BCUT2D eigenvalue weighted by atomic mass is 10.1. The van der Waals surface area contributed by atoms with Crippen LogP contribution in [0.5, 0.6) is 0 Å². The van der Waals surface area contributed by atoms with Crippen molar-refractivity contribution in [3.63, 3.8) is 0 Å². The molecule has 8 heteroatoms. The van der Waals surface area contributed by atoms with Gasteiger partial charge < -0.3 is 19.7 Å². The Kier molecular flexibility index (Phi) is 4.00. The Morgan fingerprint density at radius 3 is 2.95 bits per heavy atom. The topological polar surface area (TPSA) is 87.2 Å². The Hall–Kier alpha value is -1.44. The third kappa shape index (κ3) is 2.70. The quantitative estimate of drug-likeness (QED) is 0.818. The maximum atomic E-state index is 8.77. The van der Waals surface area contributed by atoms with Crippen LogP contribution in [0.15, 0.2) is 6.33 Å². The molecule has 0 spiro atoms. The highest BCUT2D eigenvalue weighted by atomic mass is 35.5. The normalized spacial score (nSPS) is 17.0. The summed E-state index contributed by atoms with van der Waals surface area (Å²) in [5.74, 6) is 0.790. The Labute approximate surface area is 121 Å². The molecular weight excluding hydrogens is 282 g/mol. The van der Waals surface area contributed by atoms with E-state index in [9.17, 15) is 0 Å². The van der Waals surface area contributed by atoms with Crippen molar-refractivity contribution in [3.05, 3.63) is 11.6 Å². The molecule has 1 saturated heterocycles. The van der Waals surface area contributed by atoms with Crippen LogP contribution in [0.1, 0.15) is 12.8 Å². The van der Waals surface area contributed by atoms with E-state index in [2.05, 4.69) is 24.8 Å². The molecule has 3 heterocycles. The lowest BCUT2D eigenvalue weighted by Crippen LogP contribution is -2.38. The molecule has 1 fully saturated rings. The Bertz CT molecular complexity index is 582. The molecule has 0 saturated carbocycles. The van der Waals surface area contributed by atoms with E-state index in [1.807, 2.05) is 0 Å². The number of H-pyrrole nitrogens is 1. The molecule has 0 bridgehead atoms. The maximum Gasteiger partial charge on any atom is 0.226 e. The standard InChI is InChI=1S/C12H16ClN5O2/c13-12-16-10-9(14-7-15-10)11(17-12)18-3-1-8(2-4-18)20-6-5-19/h7-8,19H,1-6H2,(H,14,15,16,17). The fourth-order valence-corrected chi connectivity index (χ4v) is 2.63. The van der Waals surface area contributed by atoms with E-state index in [1.54, 1.807) is 6.33 Å². The van der Waals surface area contributed by atoms with Crippen molar-refractivity contribution < 1.29 is 9.84 Å². The number of rotatable bonds is 4. The summed E-state index contributed by atoms with van der Waals surface area (Å²) in [5.41, 5.74) is 1.39. The number of piperidine rings is 1. The number of hydrogen-bond donors (Lipinski definition) is 2. The van der Waals surface area contributed by atoms with Crippen LogP contribution in [0.3, 0.4) is 0 Å². The van der Waals surface area contributed by atoms with E-state index >= 15 is 0 Å². The fraction of sp³-hybridized carbons (Fsp3) is 0.583. The molecule has 0 atom stereocenters. The number of imidazole rings is 1. The van der Waals surface area contributed by atoms with Gasteiger partial charge in [0.25, 0.3) is 0 Å². The summed E-state index contributed by atoms with van der Waals surface area (Å²) < 4.78 is 5.56. The number of anilines is 1. The van der Waals surface area contributed by atoms with Gasteiger partial charge in [0.1, 0.15) is 5.52 Å². The van der Waals surface area contributed by atoms with Crippen molar-refractivity contribution in [3.8, 4) is 0 Å². The first-order chi connectivity index (χ1) is 9.78. The van der Waals surface area contributed by atoms with Gasteiger partial charge in [0.2, 0.25) is 5.28 Å². The van der Waals surface area contributed by atoms with Crippen molar-refractivity contribution >= 4 is 28.6 Å². The number of aliphatic hydroxyl groups is 1. The zero-order valence-corrected chi connectivity index (χ0v) is 11.7. The van der Waals surface area contributed by atoms with E-state index in [-0.39, 0.29) is 18.0 Å². The third-order valence-electron chi connectivity index (χ3n) is 3.43. The minimum Gasteiger partial charge on any atom is -0.394 e. The number of aromatic nitrogens is 4. The van der Waals surface area contributed by atoms with Gasteiger partial charge in [-0.1, -0.05) is 0 Å². The average Bonchev–Trinajstić information content (AvgIpc) is 2.93. The van der Waals surface area contributed by atoms with Gasteiger partial charge in [-0.3, -0.25) is 0 Å². The van der Waals surface area contributed by atoms with Crippen molar-refractivity contribution in [2.45, 2.75) is 18.9 Å². The molecule has 7 nitrogen and oxygen atoms in total. The summed E-state index contributed by atoms with van der Waals surface area (Å²) in [6.45, 7) is 2.13. The zero-order valence-electron chi connectivity index (χ0n) is 10.9. The van der Waals surface area contributed by atoms with E-state index in [1.165, 1.54) is 0 Å². The Balaban J connectivity index is 1.75. The van der Waals surface area contributed by atoms with E-state index in [0.717, 1.165) is 37.3 Å². The predicted octanol–water partition coefficient (Wildman–Crippen LogP) is 0.984. The first kappa shape index (κ1) is 13.5. The maximum absolute atomic E-state index is 8.77. The van der Waals surface area contributed by atoms with Crippen LogP contribution in [0.25, 0.3) is 11.2 Å². The summed E-state index contributed by atoms with van der Waals surface area (Å²) in [5, 5.41) is 8.98. The van der Waals surface area contributed by atoms with Crippen LogP contribution < -0.4 is 4.90 Å². The van der Waals surface area contributed by atoms with E-state index < -0.39 is 0 Å². The molecule has 2 aromatic rings. The van der Waals surface area contributed by atoms with Crippen molar-refractivity contribution in [2.75, 3.05) is 31.2 Å². The molecule has 108 valence electrons. The van der Waals surface area contributed by atoms with Crippen LogP contribution in [0.2, 0.25) is 5.28 Å². The number of aromatic amines is 1. The molecule has 2 N–H and O–H groups in total. The first-order valence-corrected chi connectivity index (χ1v) is 7.00. The highest BCUT2D eigenvalue weighted by Gasteiger charge is 2.23. The lowest BCUT2D eigenvalue weighted by molar-refractivity contribution is 0.0158. The second-order valence-electron chi connectivity index (χ2n) is 4.70. The number of nitrogens with one attached hydrogen (secondary N) is 1. The van der Waals surface area contributed by atoms with Gasteiger partial charge >= 0.3 is 0 Å². The zero-order chi connectivity index (χ0) is 13.9. The molecule has 0 radical (unpaired) electrons. The van der Waals surface area contributed by atoms with Gasteiger partial charge in [-0.15, -0.1) is 0 Å². The summed E-state index contributed by atoms with van der Waals surface area (Å²) in [6, 6.07) is 0. The number of halogens is 1. The van der Waals surface area contributed by atoms with Crippen LogP contribution in [-0.4, -0.2) is 57.4 Å². The van der Waals surface area contributed by atoms with Crippen molar-refractivity contribution in [2.24, 2.45) is 0 Å². The molecular formula is C12H16ClN5O2. The molecule has 2 aromatic heterocycles. The predicted molar refractivity (Wildman–Crippen MR) is 75.0 cm³/mol. The smallest absolute Gasteiger partial charge is 0.226 e. The van der Waals surface area contributed by atoms with Crippen molar-refractivity contribution in [1.82, 2.24) is 19.9 Å². The number of hydrogen-bond acceptors (Lipinski definition) is 6. The van der Waals surface area contributed by atoms with Crippen LogP contribution in [0, 0.1) is 0 Å². The minimum atomic E-state index is 0.0660. The van der Waals surface area contributed by atoms with Gasteiger partial charge in [-0.2, -0.15) is 9.97 Å². The number of aliphatic hydroxyl groups excluding tert-OH is 1. The van der Waals surface area contributed by atoms with Crippen LogP contribution in [0.4, 0.5) is 5.82 Å². The fourth-order valence-electron chi connectivity index (χ4n) is 2.47.